The van der Waals surface area contributed by atoms with Crippen molar-refractivity contribution in [2.75, 3.05) is 38.2 Å². The van der Waals surface area contributed by atoms with Crippen LogP contribution < -0.4 is 0 Å². The van der Waals surface area contributed by atoms with Crippen LogP contribution in [0.1, 0.15) is 20.8 Å². The molecule has 0 unspecified atom stereocenters. The highest BCUT2D eigenvalue weighted by molar-refractivity contribution is 8.00. The maximum absolute atomic E-state index is 11.2. The van der Waals surface area contributed by atoms with E-state index in [1.165, 1.54) is 7.11 Å². The minimum atomic E-state index is -2.70. The fraction of sp³-hybridized carbons (Fsp3) is 0.929. The molecule has 3 atom stereocenters. The van der Waals surface area contributed by atoms with Crippen LogP contribution in [0, 0.1) is 0 Å². The summed E-state index contributed by atoms with van der Waals surface area (Å²) in [7, 11) is -1.29. The number of carbonyl (C=O) groups is 1. The van der Waals surface area contributed by atoms with Gasteiger partial charge in [-0.3, -0.25) is 9.69 Å². The molecule has 3 heterocycles. The molecule has 0 aliphatic carbocycles. The van der Waals surface area contributed by atoms with Crippen molar-refractivity contribution >= 4 is 26.5 Å². The lowest BCUT2D eigenvalue weighted by Crippen LogP contribution is -2.61. The Kier molecular flexibility index (Phi) is 6.72. The summed E-state index contributed by atoms with van der Waals surface area (Å²) in [5, 5.41) is 0. The summed E-state index contributed by atoms with van der Waals surface area (Å²) in [6.45, 7) is 9.00. The lowest BCUT2D eigenvalue weighted by atomic mass is 10.2. The van der Waals surface area contributed by atoms with Crippen LogP contribution in [0.25, 0.3) is 0 Å². The van der Waals surface area contributed by atoms with Crippen LogP contribution in [0.5, 0.6) is 0 Å². The van der Waals surface area contributed by atoms with E-state index < -0.39 is 8.80 Å². The highest BCUT2D eigenvalue weighted by atomic mass is 32.2. The normalized spacial score (nSPS) is 38.9. The molecule has 22 heavy (non-hydrogen) atoms. The average Bonchev–Trinajstić information content (AvgIpc) is 2.39. The first-order valence-corrected chi connectivity index (χ1v) is 10.9. The highest BCUT2D eigenvalue weighted by Gasteiger charge is 2.48. The summed E-state index contributed by atoms with van der Waals surface area (Å²) in [4.78, 5) is 13.6. The Hall–Kier alpha value is -0.123. The molecule has 128 valence electrons. The average molecular weight is 350 g/mol. The van der Waals surface area contributed by atoms with E-state index in [-0.39, 0.29) is 24.3 Å². The number of nitrogens with zero attached hydrogens (tertiary/aromatic N) is 1. The molecule has 0 radical (unpaired) electrons. The van der Waals surface area contributed by atoms with Gasteiger partial charge < -0.3 is 18.0 Å². The number of hydrogen-bond donors (Lipinski definition) is 0. The minimum absolute atomic E-state index is 0.109. The van der Waals surface area contributed by atoms with Gasteiger partial charge in [-0.1, -0.05) is 0 Å². The van der Waals surface area contributed by atoms with Gasteiger partial charge in [0.2, 0.25) is 0 Å². The number of ether oxygens (including phenoxy) is 1. The minimum Gasteiger partial charge on any atom is -0.468 e. The molecule has 0 amide bonds. The molecule has 0 aromatic heterocycles. The van der Waals surface area contributed by atoms with Crippen molar-refractivity contribution in [2.45, 2.75) is 45.1 Å². The Morgan fingerprint density at radius 3 is 2.09 bits per heavy atom. The molecule has 2 bridgehead atoms. The number of esters is 1. The van der Waals surface area contributed by atoms with E-state index in [1.54, 1.807) is 11.8 Å². The maximum atomic E-state index is 11.2. The third kappa shape index (κ3) is 5.21. The molecule has 8 heteroatoms. The molecule has 0 saturated carbocycles. The van der Waals surface area contributed by atoms with E-state index in [1.807, 2.05) is 0 Å². The Balaban J connectivity index is 1.99. The molecule has 3 saturated heterocycles. The number of fused-ring (bicyclic) bond motifs is 6. The van der Waals surface area contributed by atoms with Crippen molar-refractivity contribution in [3.8, 4) is 0 Å². The Labute approximate surface area is 138 Å². The summed E-state index contributed by atoms with van der Waals surface area (Å²) in [5.74, 6) is 0.931. The molecule has 0 aromatic rings. The molecule has 6 nitrogen and oxygen atoms in total. The Morgan fingerprint density at radius 1 is 1.14 bits per heavy atom. The van der Waals surface area contributed by atoms with Crippen LogP contribution in [-0.2, 0) is 22.8 Å². The molecule has 3 rings (SSSR count). The smallest absolute Gasteiger partial charge is 0.468 e. The second-order valence-corrected chi connectivity index (χ2v) is 9.74. The standard InChI is InChI=1S/C14H27NO5SSi/c1-11-7-15-8-12(2)19-22(18-11,20-13(3)9-15)6-5-21-10-14(16)17-4/h11-13H,5-10H2,1-4H3/t11-,12-,13+/m1/s1. The Morgan fingerprint density at radius 2 is 1.64 bits per heavy atom. The van der Waals surface area contributed by atoms with E-state index in [9.17, 15) is 4.79 Å². The summed E-state index contributed by atoms with van der Waals surface area (Å²) in [6, 6.07) is 0.730. The summed E-state index contributed by atoms with van der Waals surface area (Å²) >= 11 is 1.54. The van der Waals surface area contributed by atoms with Crippen molar-refractivity contribution in [1.82, 2.24) is 4.90 Å². The Bertz CT molecular complexity index is 350. The van der Waals surface area contributed by atoms with Crippen molar-refractivity contribution in [1.29, 1.82) is 0 Å². The van der Waals surface area contributed by atoms with Crippen LogP contribution in [0.15, 0.2) is 0 Å². The quantitative estimate of drug-likeness (QED) is 0.422. The van der Waals surface area contributed by atoms with Gasteiger partial charge in [0.15, 0.2) is 0 Å². The van der Waals surface area contributed by atoms with Crippen LogP contribution in [0.4, 0.5) is 0 Å². The van der Waals surface area contributed by atoms with Crippen LogP contribution in [0.2, 0.25) is 6.04 Å². The van der Waals surface area contributed by atoms with Gasteiger partial charge in [-0.15, -0.1) is 0 Å². The van der Waals surface area contributed by atoms with Gasteiger partial charge in [0.1, 0.15) is 0 Å². The predicted octanol–water partition coefficient (Wildman–Crippen LogP) is 1.38. The third-order valence-corrected chi connectivity index (χ3v) is 8.13. The van der Waals surface area contributed by atoms with Crippen LogP contribution in [0.3, 0.4) is 0 Å². The maximum Gasteiger partial charge on any atom is 0.502 e. The van der Waals surface area contributed by atoms with E-state index in [2.05, 4.69) is 30.4 Å². The van der Waals surface area contributed by atoms with Gasteiger partial charge in [0.25, 0.3) is 0 Å². The first-order chi connectivity index (χ1) is 10.4. The second-order valence-electron chi connectivity index (χ2n) is 6.07. The number of thioether (sulfide) groups is 1. The zero-order valence-corrected chi connectivity index (χ0v) is 15.7. The fourth-order valence-electron chi connectivity index (χ4n) is 3.02. The van der Waals surface area contributed by atoms with E-state index in [0.717, 1.165) is 31.4 Å². The van der Waals surface area contributed by atoms with E-state index in [0.29, 0.717) is 5.75 Å². The highest BCUT2D eigenvalue weighted by Crippen LogP contribution is 2.29. The molecule has 0 spiro atoms. The number of rotatable bonds is 5. The number of methoxy groups -OCH3 is 1. The zero-order valence-electron chi connectivity index (χ0n) is 13.9. The first kappa shape index (κ1) is 18.2. The summed E-state index contributed by atoms with van der Waals surface area (Å²) < 4.78 is 23.4. The fourth-order valence-corrected chi connectivity index (χ4v) is 7.61. The number of hydrogen-bond acceptors (Lipinski definition) is 7. The van der Waals surface area contributed by atoms with Gasteiger partial charge in [-0.25, -0.2) is 0 Å². The van der Waals surface area contributed by atoms with E-state index >= 15 is 0 Å². The van der Waals surface area contributed by atoms with Crippen molar-refractivity contribution in [2.24, 2.45) is 0 Å². The van der Waals surface area contributed by atoms with Crippen molar-refractivity contribution in [3.63, 3.8) is 0 Å². The number of carbonyl (C=O) groups excluding carboxylic acids is 1. The molecule has 0 N–H and O–H groups in total. The van der Waals surface area contributed by atoms with Crippen LogP contribution in [-0.4, -0.2) is 76.2 Å². The summed E-state index contributed by atoms with van der Waals surface area (Å²) in [6.07, 6.45) is 0.326. The van der Waals surface area contributed by atoms with Gasteiger partial charge in [0, 0.05) is 25.7 Å². The lowest BCUT2D eigenvalue weighted by molar-refractivity contribution is -0.137. The summed E-state index contributed by atoms with van der Waals surface area (Å²) in [5.41, 5.74) is 0. The SMILES string of the molecule is COC(=O)CSCC[Si]12O[C@H](C)CN(C[C@@H](C)O1)C[C@H](C)O2. The molecular formula is C14H27NO5SSi. The van der Waals surface area contributed by atoms with Crippen molar-refractivity contribution in [3.05, 3.63) is 0 Å². The van der Waals surface area contributed by atoms with Gasteiger partial charge >= 0.3 is 14.8 Å². The molecule has 3 aliphatic rings. The topological polar surface area (TPSA) is 57.2 Å². The monoisotopic (exact) mass is 349 g/mol. The largest absolute Gasteiger partial charge is 0.502 e. The predicted molar refractivity (Wildman–Crippen MR) is 88.0 cm³/mol. The van der Waals surface area contributed by atoms with Gasteiger partial charge in [0.05, 0.1) is 31.2 Å². The first-order valence-electron chi connectivity index (χ1n) is 7.83. The molecule has 3 aliphatic heterocycles. The zero-order chi connectivity index (χ0) is 16.2. The molecular weight excluding hydrogens is 322 g/mol. The van der Waals surface area contributed by atoms with E-state index in [4.69, 9.17) is 13.3 Å². The second kappa shape index (κ2) is 8.12. The molecule has 0 aromatic carbocycles. The molecule has 3 fully saturated rings. The van der Waals surface area contributed by atoms with Gasteiger partial charge in [-0.2, -0.15) is 11.8 Å². The van der Waals surface area contributed by atoms with Crippen molar-refractivity contribution < 1.29 is 22.8 Å². The third-order valence-electron chi connectivity index (χ3n) is 3.69. The van der Waals surface area contributed by atoms with Gasteiger partial charge in [-0.05, 0) is 26.5 Å². The van der Waals surface area contributed by atoms with Crippen LogP contribution >= 0.6 is 11.8 Å². The lowest BCUT2D eigenvalue weighted by Gasteiger charge is -2.45.